The summed E-state index contributed by atoms with van der Waals surface area (Å²) in [6, 6.07) is 6.48. The summed E-state index contributed by atoms with van der Waals surface area (Å²) in [5.74, 6) is -1.57. The molecule has 1 heterocycles. The lowest BCUT2D eigenvalue weighted by Crippen LogP contribution is -2.65. The third kappa shape index (κ3) is 1.25. The number of carbonyl (C=O) groups excluding carboxylic acids is 3. The van der Waals surface area contributed by atoms with Gasteiger partial charge in [-0.2, -0.15) is 0 Å². The third-order valence-corrected chi connectivity index (χ3v) is 4.66. The summed E-state index contributed by atoms with van der Waals surface area (Å²) in [6.07, 6.45) is 2.38. The van der Waals surface area contributed by atoms with E-state index < -0.39 is 23.2 Å². The smallest absolute Gasteiger partial charge is 0.329 e. The van der Waals surface area contributed by atoms with E-state index in [9.17, 15) is 14.4 Å². The molecule has 0 N–H and O–H groups in total. The molecule has 1 aromatic carbocycles. The first-order valence-electron chi connectivity index (χ1n) is 6.64. The van der Waals surface area contributed by atoms with Crippen molar-refractivity contribution < 1.29 is 19.2 Å². The summed E-state index contributed by atoms with van der Waals surface area (Å²) in [7, 11) is 0. The van der Waals surface area contributed by atoms with E-state index in [0.29, 0.717) is 5.06 Å². The Hall–Kier alpha value is -2.17. The Morgan fingerprint density at radius 2 is 1.60 bits per heavy atom. The van der Waals surface area contributed by atoms with Gasteiger partial charge in [-0.1, -0.05) is 24.1 Å². The van der Waals surface area contributed by atoms with E-state index >= 15 is 0 Å². The van der Waals surface area contributed by atoms with E-state index in [1.807, 2.05) is 0 Å². The molecule has 3 fully saturated rings. The van der Waals surface area contributed by atoms with Crippen molar-refractivity contribution in [1.29, 1.82) is 0 Å². The molecule has 3 saturated carbocycles. The molecule has 102 valence electrons. The van der Waals surface area contributed by atoms with Crippen molar-refractivity contribution in [2.24, 2.45) is 10.8 Å². The number of fused-ring (bicyclic) bond motifs is 1. The van der Waals surface area contributed by atoms with Gasteiger partial charge in [0.25, 0.3) is 11.8 Å². The van der Waals surface area contributed by atoms with Crippen LogP contribution in [0.3, 0.4) is 0 Å². The minimum atomic E-state index is -0.559. The molecule has 0 saturated heterocycles. The molecule has 20 heavy (non-hydrogen) atoms. The Labute approximate surface area is 115 Å². The Kier molecular flexibility index (Phi) is 1.91. The van der Waals surface area contributed by atoms with Crippen molar-refractivity contribution in [1.82, 2.24) is 5.06 Å². The zero-order valence-corrected chi connectivity index (χ0v) is 11.0. The van der Waals surface area contributed by atoms with Crippen LogP contribution in [-0.2, 0) is 9.63 Å². The molecule has 0 radical (unpaired) electrons. The molecular weight excluding hydrogens is 258 g/mol. The van der Waals surface area contributed by atoms with Crippen LogP contribution in [0.1, 0.15) is 46.9 Å². The zero-order valence-electron chi connectivity index (χ0n) is 11.0. The molecular formula is C15H13NO4. The van der Waals surface area contributed by atoms with Crippen molar-refractivity contribution in [3.63, 3.8) is 0 Å². The van der Waals surface area contributed by atoms with E-state index in [4.69, 9.17) is 4.84 Å². The minimum absolute atomic E-state index is 0.265. The lowest BCUT2D eigenvalue weighted by molar-refractivity contribution is -0.238. The fraction of sp³-hybridized carbons (Fsp3) is 0.400. The molecule has 0 atom stereocenters. The normalized spacial score (nSPS) is 33.4. The van der Waals surface area contributed by atoms with Gasteiger partial charge in [0.2, 0.25) is 0 Å². The monoisotopic (exact) mass is 271 g/mol. The summed E-state index contributed by atoms with van der Waals surface area (Å²) < 4.78 is 0. The maximum atomic E-state index is 12.2. The fourth-order valence-corrected chi connectivity index (χ4v) is 3.94. The molecule has 1 aliphatic heterocycles. The average Bonchev–Trinajstić information content (AvgIpc) is 2.60. The number of imide groups is 1. The molecule has 5 rings (SSSR count). The van der Waals surface area contributed by atoms with Gasteiger partial charge in [0.05, 0.1) is 16.5 Å². The van der Waals surface area contributed by atoms with Gasteiger partial charge in [-0.3, -0.25) is 9.59 Å². The third-order valence-electron chi connectivity index (χ3n) is 4.66. The summed E-state index contributed by atoms with van der Waals surface area (Å²) in [5.41, 5.74) is 0.384. The van der Waals surface area contributed by atoms with Crippen LogP contribution in [0, 0.1) is 10.8 Å². The molecule has 4 aliphatic rings. The summed E-state index contributed by atoms with van der Waals surface area (Å²) >= 11 is 0. The van der Waals surface area contributed by atoms with Gasteiger partial charge in [0.15, 0.2) is 0 Å². The molecule has 3 aliphatic carbocycles. The highest BCUT2D eigenvalue weighted by Gasteiger charge is 2.70. The van der Waals surface area contributed by atoms with Crippen molar-refractivity contribution in [3.05, 3.63) is 35.4 Å². The average molecular weight is 271 g/mol. The number of hydrogen-bond acceptors (Lipinski definition) is 4. The Morgan fingerprint density at radius 1 is 1.10 bits per heavy atom. The van der Waals surface area contributed by atoms with Crippen molar-refractivity contribution >= 4 is 17.8 Å². The first-order valence-corrected chi connectivity index (χ1v) is 6.64. The molecule has 5 heteroatoms. The highest BCUT2D eigenvalue weighted by molar-refractivity contribution is 6.20. The predicted molar refractivity (Wildman–Crippen MR) is 67.4 cm³/mol. The van der Waals surface area contributed by atoms with Gasteiger partial charge in [-0.05, 0) is 36.8 Å². The second-order valence-electron chi connectivity index (χ2n) is 6.45. The summed E-state index contributed by atoms with van der Waals surface area (Å²) in [5, 5.41) is 0.607. The standard InChI is InChI=1S/C15H13NO4/c1-14-6-15(7-14,8-14)13(19)20-16-11(17)9-4-2-3-5-10(9)12(16)18/h2-5H,6-8H2,1H3. The fourth-order valence-electron chi connectivity index (χ4n) is 3.94. The van der Waals surface area contributed by atoms with Crippen LogP contribution in [0.2, 0.25) is 0 Å². The number of benzene rings is 1. The summed E-state index contributed by atoms with van der Waals surface area (Å²) in [4.78, 5) is 41.4. The second kappa shape index (κ2) is 3.29. The van der Waals surface area contributed by atoms with Crippen molar-refractivity contribution in [2.75, 3.05) is 0 Å². The first kappa shape index (κ1) is 11.6. The van der Waals surface area contributed by atoms with Gasteiger partial charge < -0.3 is 4.84 Å². The maximum Gasteiger partial charge on any atom is 0.339 e. The Bertz CT molecular complexity index is 623. The number of nitrogens with zero attached hydrogens (tertiary/aromatic N) is 1. The molecule has 0 aromatic heterocycles. The number of hydroxylamine groups is 2. The second-order valence-corrected chi connectivity index (χ2v) is 6.45. The lowest BCUT2D eigenvalue weighted by atomic mass is 9.36. The van der Waals surface area contributed by atoms with E-state index in [1.165, 1.54) is 0 Å². The van der Waals surface area contributed by atoms with Gasteiger partial charge >= 0.3 is 5.97 Å². The summed E-state index contributed by atoms with van der Waals surface area (Å²) in [6.45, 7) is 2.13. The van der Waals surface area contributed by atoms with Crippen LogP contribution in [0.25, 0.3) is 0 Å². The van der Waals surface area contributed by atoms with Crippen LogP contribution in [0.15, 0.2) is 24.3 Å². The van der Waals surface area contributed by atoms with E-state index in [0.717, 1.165) is 19.3 Å². The van der Waals surface area contributed by atoms with Crippen molar-refractivity contribution in [3.8, 4) is 0 Å². The topological polar surface area (TPSA) is 63.7 Å². The Balaban J connectivity index is 1.55. The van der Waals surface area contributed by atoms with E-state index in [-0.39, 0.29) is 16.5 Å². The predicted octanol–water partition coefficient (Wildman–Crippen LogP) is 1.93. The molecule has 2 amide bonds. The number of rotatable bonds is 2. The van der Waals surface area contributed by atoms with E-state index in [1.54, 1.807) is 24.3 Å². The largest absolute Gasteiger partial charge is 0.339 e. The van der Waals surface area contributed by atoms with Crippen molar-refractivity contribution in [2.45, 2.75) is 26.2 Å². The Morgan fingerprint density at radius 3 is 2.05 bits per heavy atom. The van der Waals surface area contributed by atoms with Gasteiger partial charge in [-0.15, -0.1) is 0 Å². The van der Waals surface area contributed by atoms with Gasteiger partial charge in [0.1, 0.15) is 0 Å². The zero-order chi connectivity index (χ0) is 14.1. The molecule has 2 bridgehead atoms. The molecule has 0 unspecified atom stereocenters. The van der Waals surface area contributed by atoms with E-state index in [2.05, 4.69) is 6.92 Å². The van der Waals surface area contributed by atoms with Gasteiger partial charge in [0, 0.05) is 0 Å². The first-order chi connectivity index (χ1) is 9.44. The molecule has 5 nitrogen and oxygen atoms in total. The molecule has 1 aromatic rings. The molecule has 0 spiro atoms. The van der Waals surface area contributed by atoms with Crippen LogP contribution >= 0.6 is 0 Å². The lowest BCUT2D eigenvalue weighted by Gasteiger charge is -2.67. The van der Waals surface area contributed by atoms with Crippen LogP contribution in [-0.4, -0.2) is 22.8 Å². The van der Waals surface area contributed by atoms with Gasteiger partial charge in [-0.25, -0.2) is 4.79 Å². The van der Waals surface area contributed by atoms with Crippen LogP contribution in [0.4, 0.5) is 0 Å². The quantitative estimate of drug-likeness (QED) is 0.771. The number of carbonyl (C=O) groups is 3. The van der Waals surface area contributed by atoms with Crippen LogP contribution < -0.4 is 0 Å². The minimum Gasteiger partial charge on any atom is -0.329 e. The number of amides is 2. The maximum absolute atomic E-state index is 12.2. The van der Waals surface area contributed by atoms with Crippen LogP contribution in [0.5, 0.6) is 0 Å². The number of hydrogen-bond donors (Lipinski definition) is 0. The highest BCUT2D eigenvalue weighted by Crippen LogP contribution is 2.73. The highest BCUT2D eigenvalue weighted by atomic mass is 16.7. The SMILES string of the molecule is CC12CC(C(=O)ON3C(=O)c4ccccc4C3=O)(C1)C2.